The van der Waals surface area contributed by atoms with E-state index in [9.17, 15) is 9.90 Å². The van der Waals surface area contributed by atoms with E-state index >= 15 is 0 Å². The molecule has 1 aliphatic rings. The summed E-state index contributed by atoms with van der Waals surface area (Å²) in [5.74, 6) is 0.696. The van der Waals surface area contributed by atoms with Crippen molar-refractivity contribution in [2.24, 2.45) is 0 Å². The van der Waals surface area contributed by atoms with E-state index in [-0.39, 0.29) is 13.9 Å². The minimum Gasteiger partial charge on any atom is -0.496 e. The molecule has 0 spiro atoms. The van der Waals surface area contributed by atoms with Gasteiger partial charge >= 0.3 is 0 Å². The number of carbonyl (C=O) groups is 1. The zero-order valence-electron chi connectivity index (χ0n) is 15.3. The van der Waals surface area contributed by atoms with Crippen LogP contribution < -0.4 is 15.0 Å². The highest BCUT2D eigenvalue weighted by Crippen LogP contribution is 2.43. The molecule has 1 aliphatic heterocycles. The van der Waals surface area contributed by atoms with Gasteiger partial charge < -0.3 is 20.1 Å². The fourth-order valence-corrected chi connectivity index (χ4v) is 3.48. The maximum Gasteiger partial charge on any atom is 0.251 e. The largest absolute Gasteiger partial charge is 0.496 e. The number of anilines is 2. The monoisotopic (exact) mass is 342 g/mol. The van der Waals surface area contributed by atoms with Crippen LogP contribution in [-0.2, 0) is 11.4 Å². The van der Waals surface area contributed by atoms with E-state index in [1.54, 1.807) is 19.1 Å². The maximum atomic E-state index is 12.7. The summed E-state index contributed by atoms with van der Waals surface area (Å²) in [7, 11) is 3.38. The van der Waals surface area contributed by atoms with Gasteiger partial charge in [0.25, 0.3) is 5.91 Å². The molecule has 0 bridgehead atoms. The predicted octanol–water partition coefficient (Wildman–Crippen LogP) is 3.58. The highest BCUT2D eigenvalue weighted by atomic mass is 16.5. The van der Waals surface area contributed by atoms with Gasteiger partial charge in [0.1, 0.15) is 11.3 Å². The fourth-order valence-electron chi connectivity index (χ4n) is 3.48. The molecule has 25 heavy (non-hydrogen) atoms. The van der Waals surface area contributed by atoms with Gasteiger partial charge in [0.2, 0.25) is 0 Å². The number of hydrogen-bond acceptors (Lipinski definition) is 4. The molecule has 5 heteroatoms. The molecule has 0 radical (unpaired) electrons. The van der Waals surface area contributed by atoms with Gasteiger partial charge in [-0.2, -0.15) is 0 Å². The van der Waals surface area contributed by atoms with E-state index in [0.29, 0.717) is 11.3 Å². The maximum absolute atomic E-state index is 12.7. The number of rotatable bonds is 3. The van der Waals surface area contributed by atoms with Gasteiger partial charge in [-0.25, -0.2) is 0 Å². The zero-order valence-corrected chi connectivity index (χ0v) is 15.3. The molecule has 0 saturated carbocycles. The third kappa shape index (κ3) is 2.74. The third-order valence-electron chi connectivity index (χ3n) is 4.71. The van der Waals surface area contributed by atoms with Crippen molar-refractivity contribution in [2.45, 2.75) is 32.9 Å². The molecule has 0 saturated heterocycles. The van der Waals surface area contributed by atoms with Crippen LogP contribution in [0.2, 0.25) is 0 Å². The number of ether oxygens (including phenoxy) is 1. The highest BCUT2D eigenvalue weighted by Gasteiger charge is 2.38. The fraction of sp³-hybridized carbons (Fsp3) is 0.350. The summed E-state index contributed by atoms with van der Waals surface area (Å²) >= 11 is 0. The van der Waals surface area contributed by atoms with Crippen molar-refractivity contribution in [1.82, 2.24) is 0 Å². The van der Waals surface area contributed by atoms with E-state index in [0.717, 1.165) is 28.1 Å². The summed E-state index contributed by atoms with van der Waals surface area (Å²) in [5, 5.41) is 13.4. The molecule has 0 aliphatic carbocycles. The van der Waals surface area contributed by atoms with Crippen LogP contribution in [0.4, 0.5) is 11.4 Å². The molecule has 3 rings (SSSR count). The number of hydrogen-bond donors (Lipinski definition) is 2. The minimum absolute atomic E-state index is 0. The predicted molar refractivity (Wildman–Crippen MR) is 102 cm³/mol. The lowest BCUT2D eigenvalue weighted by atomic mass is 9.91. The van der Waals surface area contributed by atoms with Crippen molar-refractivity contribution in [2.75, 3.05) is 24.4 Å². The number of nitrogens with one attached hydrogen (secondary N) is 1. The smallest absolute Gasteiger partial charge is 0.251 e. The first-order valence-electron chi connectivity index (χ1n) is 8.28. The number of aliphatic hydroxyl groups is 1. The first kappa shape index (κ1) is 17.3. The average Bonchev–Trinajstić information content (AvgIpc) is 2.58. The Morgan fingerprint density at radius 2 is 1.96 bits per heavy atom. The van der Waals surface area contributed by atoms with E-state index in [1.807, 2.05) is 51.1 Å². The Balaban J connectivity index is 0.00000243. The second-order valence-electron chi connectivity index (χ2n) is 6.96. The van der Waals surface area contributed by atoms with Crippen molar-refractivity contribution < 1.29 is 16.1 Å². The molecule has 2 aromatic rings. The van der Waals surface area contributed by atoms with E-state index in [2.05, 4.69) is 5.32 Å². The third-order valence-corrected chi connectivity index (χ3v) is 4.71. The molecule has 134 valence electrons. The van der Waals surface area contributed by atoms with Gasteiger partial charge in [-0.1, -0.05) is 17.7 Å². The Labute approximate surface area is 149 Å². The van der Waals surface area contributed by atoms with Gasteiger partial charge in [0.15, 0.2) is 0 Å². The van der Waals surface area contributed by atoms with Gasteiger partial charge in [-0.05, 0) is 44.5 Å². The second-order valence-corrected chi connectivity index (χ2v) is 6.96. The lowest BCUT2D eigenvalue weighted by Crippen LogP contribution is -2.52. The number of methoxy groups -OCH3 is 1. The normalized spacial score (nSPS) is 15.6. The number of amides is 1. The molecule has 0 atom stereocenters. The van der Waals surface area contributed by atoms with Crippen LogP contribution in [0.25, 0.3) is 11.1 Å². The molecular weight excluding hydrogens is 316 g/mol. The van der Waals surface area contributed by atoms with Crippen LogP contribution in [0.15, 0.2) is 30.3 Å². The minimum atomic E-state index is -0.684. The molecule has 0 aromatic heterocycles. The first-order valence-corrected chi connectivity index (χ1v) is 8.28. The Morgan fingerprint density at radius 3 is 2.60 bits per heavy atom. The van der Waals surface area contributed by atoms with Crippen LogP contribution in [0, 0.1) is 6.92 Å². The average molecular weight is 342 g/mol. The Bertz CT molecular complexity index is 849. The van der Waals surface area contributed by atoms with E-state index in [4.69, 9.17) is 4.74 Å². The quantitative estimate of drug-likeness (QED) is 0.895. The summed E-state index contributed by atoms with van der Waals surface area (Å²) in [6.07, 6.45) is 0. The van der Waals surface area contributed by atoms with E-state index < -0.39 is 5.54 Å². The number of fused-ring (bicyclic) bond motifs is 1. The van der Waals surface area contributed by atoms with E-state index in [1.165, 1.54) is 0 Å². The van der Waals surface area contributed by atoms with Crippen LogP contribution in [0.3, 0.4) is 0 Å². The number of nitrogens with zero attached hydrogens (tertiary/aromatic N) is 1. The standard InChI is InChI=1S/C20H24N2O3.H2/c1-12-6-9-17(25-5)14(10-12)13-7-8-16-18(15(13)11-23)22(4)19(24)20(2,3)21-16;/h6-10,21,23H,11H2,1-5H3;1H. The summed E-state index contributed by atoms with van der Waals surface area (Å²) in [6.45, 7) is 5.55. The lowest BCUT2D eigenvalue weighted by Gasteiger charge is -2.39. The van der Waals surface area contributed by atoms with Crippen LogP contribution in [-0.4, -0.2) is 30.7 Å². The molecule has 0 unspecified atom stereocenters. The second kappa shape index (κ2) is 6.08. The summed E-state index contributed by atoms with van der Waals surface area (Å²) in [6, 6.07) is 9.85. The molecule has 1 heterocycles. The van der Waals surface area contributed by atoms with Crippen molar-refractivity contribution in [3.63, 3.8) is 0 Å². The van der Waals surface area contributed by atoms with Crippen molar-refractivity contribution in [3.8, 4) is 16.9 Å². The van der Waals surface area contributed by atoms with Gasteiger partial charge in [0.05, 0.1) is 25.1 Å². The van der Waals surface area contributed by atoms with Gasteiger partial charge in [-0.3, -0.25) is 4.79 Å². The number of aryl methyl sites for hydroxylation is 1. The van der Waals surface area contributed by atoms with Crippen molar-refractivity contribution in [3.05, 3.63) is 41.5 Å². The highest BCUT2D eigenvalue weighted by molar-refractivity contribution is 6.08. The topological polar surface area (TPSA) is 61.8 Å². The van der Waals surface area contributed by atoms with Crippen molar-refractivity contribution in [1.29, 1.82) is 0 Å². The molecule has 5 nitrogen and oxygen atoms in total. The van der Waals surface area contributed by atoms with Gasteiger partial charge in [-0.15, -0.1) is 0 Å². The first-order chi connectivity index (χ1) is 11.8. The lowest BCUT2D eigenvalue weighted by molar-refractivity contribution is -0.121. The number of benzene rings is 2. The SMILES string of the molecule is COc1ccc(C)cc1-c1ccc2c(c1CO)N(C)C(=O)C(C)(C)N2.[HH]. The zero-order chi connectivity index (χ0) is 18.4. The van der Waals surface area contributed by atoms with Crippen LogP contribution >= 0.6 is 0 Å². The summed E-state index contributed by atoms with van der Waals surface area (Å²) < 4.78 is 5.50. The molecule has 2 aromatic carbocycles. The number of aliphatic hydroxyl groups excluding tert-OH is 1. The Hall–Kier alpha value is -2.53. The summed E-state index contributed by atoms with van der Waals surface area (Å²) in [5.41, 5.74) is 4.44. The molecule has 1 amide bonds. The molecule has 0 fully saturated rings. The number of likely N-dealkylation sites (N-methyl/N-ethyl adjacent to an activating group) is 1. The van der Waals surface area contributed by atoms with Crippen molar-refractivity contribution >= 4 is 17.3 Å². The summed E-state index contributed by atoms with van der Waals surface area (Å²) in [4.78, 5) is 14.3. The van der Waals surface area contributed by atoms with Gasteiger partial charge in [0, 0.05) is 19.6 Å². The van der Waals surface area contributed by atoms with Crippen LogP contribution in [0.1, 0.15) is 26.4 Å². The molecule has 2 N–H and O–H groups in total. The molecular formula is C20H26N2O3. The van der Waals surface area contributed by atoms with Crippen LogP contribution in [0.5, 0.6) is 5.75 Å². The Morgan fingerprint density at radius 1 is 1.24 bits per heavy atom. The number of carbonyl (C=O) groups excluding carboxylic acids is 1. The Kier molecular flexibility index (Phi) is 4.21.